The van der Waals surface area contributed by atoms with Crippen LogP contribution < -0.4 is 4.90 Å². The van der Waals surface area contributed by atoms with Crippen LogP contribution in [0.1, 0.15) is 58.4 Å². The van der Waals surface area contributed by atoms with Crippen molar-refractivity contribution in [3.05, 3.63) is 46.0 Å². The molecule has 1 aliphatic carbocycles. The zero-order chi connectivity index (χ0) is 21.1. The number of halogens is 2. The zero-order valence-corrected chi connectivity index (χ0v) is 16.7. The molecule has 0 spiro atoms. The van der Waals surface area contributed by atoms with E-state index in [4.69, 9.17) is 0 Å². The molecule has 7 heteroatoms. The molecule has 2 rings (SSSR count). The van der Waals surface area contributed by atoms with Gasteiger partial charge in [0.1, 0.15) is 5.69 Å². The van der Waals surface area contributed by atoms with E-state index in [1.54, 1.807) is 19.1 Å². The average Bonchev–Trinajstić information content (AvgIpc) is 2.65. The van der Waals surface area contributed by atoms with E-state index in [9.17, 15) is 24.2 Å². The van der Waals surface area contributed by atoms with Crippen LogP contribution >= 0.6 is 0 Å². The molecule has 1 atom stereocenters. The lowest BCUT2D eigenvalue weighted by Crippen LogP contribution is -2.42. The second kappa shape index (κ2) is 8.26. The molecule has 0 radical (unpaired) electrons. The van der Waals surface area contributed by atoms with Crippen molar-refractivity contribution < 1.29 is 13.7 Å². The highest BCUT2D eigenvalue weighted by Gasteiger charge is 2.38. The summed E-state index contributed by atoms with van der Waals surface area (Å²) in [6, 6.07) is 6.85. The predicted molar refractivity (Wildman–Crippen MR) is 106 cm³/mol. The molecule has 0 aliphatic heterocycles. The van der Waals surface area contributed by atoms with Gasteiger partial charge >= 0.3 is 0 Å². The van der Waals surface area contributed by atoms with Crippen LogP contribution in [-0.4, -0.2) is 23.4 Å². The first-order valence-corrected chi connectivity index (χ1v) is 9.52. The van der Waals surface area contributed by atoms with Crippen molar-refractivity contribution in [2.75, 3.05) is 11.4 Å². The van der Waals surface area contributed by atoms with Crippen molar-refractivity contribution >= 4 is 11.4 Å². The standard InChI is InChI=1S/C21H27F2N3O2/c1-5-20(4,14-24)16-6-7-18(19(12-16)26(27)28)25(13-15(2)3)17-8-10-21(22,23)11-9-17/h6-7,12,17H,2,5,8-11,13H2,1,3-4H3. The maximum absolute atomic E-state index is 13.6. The lowest BCUT2D eigenvalue weighted by Gasteiger charge is -2.38. The van der Waals surface area contributed by atoms with Crippen molar-refractivity contribution in [2.24, 2.45) is 0 Å². The topological polar surface area (TPSA) is 70.2 Å². The molecule has 0 amide bonds. The molecule has 1 aromatic carbocycles. The molecule has 0 heterocycles. The van der Waals surface area contributed by atoms with Gasteiger partial charge in [-0.05, 0) is 44.7 Å². The quantitative estimate of drug-likeness (QED) is 0.337. The Hall–Kier alpha value is -2.49. The van der Waals surface area contributed by atoms with E-state index in [-0.39, 0.29) is 37.4 Å². The largest absolute Gasteiger partial charge is 0.359 e. The molecule has 5 nitrogen and oxygen atoms in total. The predicted octanol–water partition coefficient (Wildman–Crippen LogP) is 5.75. The number of hydrogen-bond donors (Lipinski definition) is 0. The van der Waals surface area contributed by atoms with Crippen LogP contribution in [-0.2, 0) is 5.41 Å². The molecule has 1 unspecified atom stereocenters. The summed E-state index contributed by atoms with van der Waals surface area (Å²) in [5.41, 5.74) is 0.842. The molecule has 1 fully saturated rings. The summed E-state index contributed by atoms with van der Waals surface area (Å²) in [4.78, 5) is 13.2. The summed E-state index contributed by atoms with van der Waals surface area (Å²) in [7, 11) is 0. The molecule has 1 saturated carbocycles. The van der Waals surface area contributed by atoms with E-state index in [1.807, 2.05) is 18.7 Å². The number of hydrogen-bond acceptors (Lipinski definition) is 4. The van der Waals surface area contributed by atoms with E-state index in [2.05, 4.69) is 12.6 Å². The van der Waals surface area contributed by atoms with E-state index >= 15 is 0 Å². The third-order valence-corrected chi connectivity index (χ3v) is 5.64. The SMILES string of the molecule is C=C(C)CN(c1ccc(C(C)(C#N)CC)cc1[N+](=O)[O-])C1CCC(F)(F)CC1. The van der Waals surface area contributed by atoms with Crippen LogP contribution in [0, 0.1) is 21.4 Å². The Labute approximate surface area is 164 Å². The Balaban J connectivity index is 2.49. The van der Waals surface area contributed by atoms with Crippen LogP contribution in [0.25, 0.3) is 0 Å². The van der Waals surface area contributed by atoms with Crippen LogP contribution in [0.2, 0.25) is 0 Å². The highest BCUT2D eigenvalue weighted by molar-refractivity contribution is 5.66. The molecular formula is C21H27F2N3O2. The number of anilines is 1. The van der Waals surface area contributed by atoms with Crippen molar-refractivity contribution in [2.45, 2.75) is 70.3 Å². The molecule has 1 aromatic rings. The second-order valence-corrected chi connectivity index (χ2v) is 7.93. The van der Waals surface area contributed by atoms with Crippen molar-refractivity contribution in [3.63, 3.8) is 0 Å². The number of nitriles is 1. The molecule has 0 aromatic heterocycles. The molecule has 0 saturated heterocycles. The molecule has 28 heavy (non-hydrogen) atoms. The minimum atomic E-state index is -2.67. The van der Waals surface area contributed by atoms with Gasteiger partial charge in [0.2, 0.25) is 5.92 Å². The van der Waals surface area contributed by atoms with Crippen LogP contribution in [0.4, 0.5) is 20.2 Å². The Morgan fingerprint density at radius 2 is 2.07 bits per heavy atom. The summed E-state index contributed by atoms with van der Waals surface area (Å²) in [5.74, 6) is -2.67. The minimum Gasteiger partial charge on any atom is -0.359 e. The van der Waals surface area contributed by atoms with Crippen molar-refractivity contribution in [1.29, 1.82) is 5.26 Å². The van der Waals surface area contributed by atoms with Crippen molar-refractivity contribution in [3.8, 4) is 6.07 Å². The first-order valence-electron chi connectivity index (χ1n) is 9.52. The number of benzene rings is 1. The maximum Gasteiger partial charge on any atom is 0.292 e. The smallest absolute Gasteiger partial charge is 0.292 e. The average molecular weight is 391 g/mol. The van der Waals surface area contributed by atoms with Crippen LogP contribution in [0.15, 0.2) is 30.4 Å². The van der Waals surface area contributed by atoms with E-state index in [1.165, 1.54) is 6.07 Å². The third kappa shape index (κ3) is 4.67. The third-order valence-electron chi connectivity index (χ3n) is 5.64. The number of rotatable bonds is 7. The van der Waals surface area contributed by atoms with Gasteiger partial charge in [-0.15, -0.1) is 0 Å². The summed E-state index contributed by atoms with van der Waals surface area (Å²) in [6.45, 7) is 9.68. The minimum absolute atomic E-state index is 0.106. The summed E-state index contributed by atoms with van der Waals surface area (Å²) in [5, 5.41) is 21.3. The first-order chi connectivity index (χ1) is 13.0. The van der Waals surface area contributed by atoms with Gasteiger partial charge < -0.3 is 4.90 Å². The Kier molecular flexibility index (Phi) is 6.43. The fourth-order valence-electron chi connectivity index (χ4n) is 3.64. The second-order valence-electron chi connectivity index (χ2n) is 7.93. The molecule has 1 aliphatic rings. The normalized spacial score (nSPS) is 18.7. The lowest BCUT2D eigenvalue weighted by atomic mass is 9.81. The van der Waals surface area contributed by atoms with Gasteiger partial charge in [-0.2, -0.15) is 5.26 Å². The Morgan fingerprint density at radius 3 is 2.54 bits per heavy atom. The Morgan fingerprint density at radius 1 is 1.46 bits per heavy atom. The fourth-order valence-corrected chi connectivity index (χ4v) is 3.64. The lowest BCUT2D eigenvalue weighted by molar-refractivity contribution is -0.384. The zero-order valence-electron chi connectivity index (χ0n) is 16.7. The summed E-state index contributed by atoms with van der Waals surface area (Å²) >= 11 is 0. The molecular weight excluding hydrogens is 364 g/mol. The number of alkyl halides is 2. The maximum atomic E-state index is 13.6. The van der Waals surface area contributed by atoms with E-state index < -0.39 is 16.3 Å². The Bertz CT molecular complexity index is 793. The highest BCUT2D eigenvalue weighted by Crippen LogP contribution is 2.40. The van der Waals surface area contributed by atoms with Crippen LogP contribution in [0.5, 0.6) is 0 Å². The number of nitro benzene ring substituents is 1. The molecule has 152 valence electrons. The van der Waals surface area contributed by atoms with Gasteiger partial charge in [0, 0.05) is 31.5 Å². The number of nitrogens with zero attached hydrogens (tertiary/aromatic N) is 3. The van der Waals surface area contributed by atoms with Gasteiger partial charge in [0.25, 0.3) is 5.69 Å². The van der Waals surface area contributed by atoms with Gasteiger partial charge in [0.05, 0.1) is 16.4 Å². The monoisotopic (exact) mass is 391 g/mol. The van der Waals surface area contributed by atoms with Gasteiger partial charge in [-0.1, -0.05) is 25.1 Å². The first kappa shape index (κ1) is 21.8. The fraction of sp³-hybridized carbons (Fsp3) is 0.571. The summed E-state index contributed by atoms with van der Waals surface area (Å²) < 4.78 is 27.2. The van der Waals surface area contributed by atoms with Gasteiger partial charge in [-0.3, -0.25) is 10.1 Å². The van der Waals surface area contributed by atoms with Crippen molar-refractivity contribution in [1.82, 2.24) is 0 Å². The van der Waals surface area contributed by atoms with Gasteiger partial charge in [0.15, 0.2) is 0 Å². The highest BCUT2D eigenvalue weighted by atomic mass is 19.3. The molecule has 0 N–H and O–H groups in total. The van der Waals surface area contributed by atoms with E-state index in [0.717, 1.165) is 5.57 Å². The number of nitro groups is 1. The van der Waals surface area contributed by atoms with Crippen LogP contribution in [0.3, 0.4) is 0 Å². The summed E-state index contributed by atoms with van der Waals surface area (Å²) in [6.07, 6.45) is 0.610. The van der Waals surface area contributed by atoms with E-state index in [0.29, 0.717) is 24.2 Å². The van der Waals surface area contributed by atoms with Gasteiger partial charge in [-0.25, -0.2) is 8.78 Å². The molecule has 0 bridgehead atoms.